The van der Waals surface area contributed by atoms with E-state index in [9.17, 15) is 0 Å². The van der Waals surface area contributed by atoms with Crippen molar-refractivity contribution in [2.75, 3.05) is 79.5 Å². The molecule has 2 heterocycles. The second kappa shape index (κ2) is 17.3. The Balaban J connectivity index is 0.00000385. The van der Waals surface area contributed by atoms with Crippen LogP contribution in [0.3, 0.4) is 0 Å². The third-order valence-corrected chi connectivity index (χ3v) is 5.86. The first kappa shape index (κ1) is 28.1. The summed E-state index contributed by atoms with van der Waals surface area (Å²) >= 11 is 0. The molecule has 2 N–H and O–H groups in total. The summed E-state index contributed by atoms with van der Waals surface area (Å²) in [5.41, 5.74) is 1.12. The lowest BCUT2D eigenvalue weighted by Gasteiger charge is -2.26. The molecule has 33 heavy (non-hydrogen) atoms. The monoisotopic (exact) mass is 576 g/mol. The SMILES string of the molecule is CN=C(NCCCOCC1CCOCC1)NCc1ccccc1OCCN1CCOCC1.I. The average molecular weight is 577 g/mol. The maximum atomic E-state index is 6.07. The van der Waals surface area contributed by atoms with Crippen LogP contribution in [-0.4, -0.2) is 90.3 Å². The number of aliphatic imine (C=N–C) groups is 1. The molecule has 0 saturated carbocycles. The van der Waals surface area contributed by atoms with Crippen LogP contribution < -0.4 is 15.4 Å². The predicted molar refractivity (Wildman–Crippen MR) is 142 cm³/mol. The maximum Gasteiger partial charge on any atom is 0.191 e. The van der Waals surface area contributed by atoms with Crippen LogP contribution in [0, 0.1) is 5.92 Å². The Morgan fingerprint density at radius 3 is 2.61 bits per heavy atom. The Labute approximate surface area is 215 Å². The molecule has 2 aliphatic rings. The number of nitrogens with zero attached hydrogens (tertiary/aromatic N) is 2. The molecule has 0 spiro atoms. The molecule has 2 aliphatic heterocycles. The van der Waals surface area contributed by atoms with E-state index in [-0.39, 0.29) is 24.0 Å². The smallest absolute Gasteiger partial charge is 0.191 e. The summed E-state index contributed by atoms with van der Waals surface area (Å²) in [6.45, 7) is 10.0. The van der Waals surface area contributed by atoms with E-state index in [0.29, 0.717) is 19.1 Å². The number of halogens is 1. The van der Waals surface area contributed by atoms with Gasteiger partial charge in [-0.05, 0) is 31.2 Å². The van der Waals surface area contributed by atoms with E-state index in [1.807, 2.05) is 18.2 Å². The fraction of sp³-hybridized carbons (Fsp3) is 0.708. The summed E-state index contributed by atoms with van der Waals surface area (Å²) in [7, 11) is 1.79. The maximum absolute atomic E-state index is 6.07. The third-order valence-electron chi connectivity index (χ3n) is 5.86. The summed E-state index contributed by atoms with van der Waals surface area (Å²) in [4.78, 5) is 6.71. The van der Waals surface area contributed by atoms with Crippen LogP contribution >= 0.6 is 24.0 Å². The van der Waals surface area contributed by atoms with E-state index in [2.05, 4.69) is 26.6 Å². The number of rotatable bonds is 12. The Morgan fingerprint density at radius 2 is 1.82 bits per heavy atom. The summed E-state index contributed by atoms with van der Waals surface area (Å²) in [5.74, 6) is 2.37. The third kappa shape index (κ3) is 11.2. The molecular weight excluding hydrogens is 535 g/mol. The molecule has 1 aromatic carbocycles. The van der Waals surface area contributed by atoms with Crippen molar-refractivity contribution in [1.82, 2.24) is 15.5 Å². The van der Waals surface area contributed by atoms with Gasteiger partial charge < -0.3 is 29.6 Å². The molecule has 0 unspecified atom stereocenters. The highest BCUT2D eigenvalue weighted by Gasteiger charge is 2.13. The van der Waals surface area contributed by atoms with E-state index in [0.717, 1.165) is 102 Å². The average Bonchev–Trinajstić information content (AvgIpc) is 2.85. The van der Waals surface area contributed by atoms with Gasteiger partial charge in [0.05, 0.1) is 13.2 Å². The molecule has 1 aromatic rings. The minimum absolute atomic E-state index is 0. The molecule has 0 amide bonds. The van der Waals surface area contributed by atoms with Crippen molar-refractivity contribution in [1.29, 1.82) is 0 Å². The van der Waals surface area contributed by atoms with Gasteiger partial charge in [0.1, 0.15) is 12.4 Å². The van der Waals surface area contributed by atoms with Gasteiger partial charge in [0.25, 0.3) is 0 Å². The van der Waals surface area contributed by atoms with E-state index < -0.39 is 0 Å². The first-order chi connectivity index (χ1) is 15.8. The highest BCUT2D eigenvalue weighted by atomic mass is 127. The van der Waals surface area contributed by atoms with Gasteiger partial charge in [0.2, 0.25) is 0 Å². The quantitative estimate of drug-likeness (QED) is 0.172. The van der Waals surface area contributed by atoms with Crippen LogP contribution in [0.4, 0.5) is 0 Å². The summed E-state index contributed by atoms with van der Waals surface area (Å²) in [6, 6.07) is 8.18. The standard InChI is InChI=1S/C24H40N4O4.HI/c1-25-24(26-9-4-13-31-20-21-7-14-29-15-8-21)27-19-22-5-2-3-6-23(22)32-18-12-28-10-16-30-17-11-28;/h2-3,5-6,21H,4,7-20H2,1H3,(H2,25,26,27);1H. The zero-order valence-corrected chi connectivity index (χ0v) is 22.3. The van der Waals surface area contributed by atoms with Crippen molar-refractivity contribution in [3.8, 4) is 5.75 Å². The molecule has 9 heteroatoms. The highest BCUT2D eigenvalue weighted by Crippen LogP contribution is 2.18. The lowest BCUT2D eigenvalue weighted by Crippen LogP contribution is -2.39. The molecule has 2 fully saturated rings. The van der Waals surface area contributed by atoms with Gasteiger partial charge in [-0.25, -0.2) is 0 Å². The van der Waals surface area contributed by atoms with E-state index in [4.69, 9.17) is 18.9 Å². The number of para-hydroxylation sites is 1. The fourth-order valence-electron chi connectivity index (χ4n) is 3.84. The zero-order chi connectivity index (χ0) is 22.3. The van der Waals surface area contributed by atoms with Gasteiger partial charge >= 0.3 is 0 Å². The Hall–Kier alpha value is -1.14. The molecule has 8 nitrogen and oxygen atoms in total. The number of nitrogens with one attached hydrogen (secondary N) is 2. The molecule has 0 atom stereocenters. The van der Waals surface area contributed by atoms with Gasteiger partial charge in [-0.2, -0.15) is 0 Å². The normalized spacial score (nSPS) is 17.9. The molecule has 0 aromatic heterocycles. The van der Waals surface area contributed by atoms with Crippen LogP contribution in [-0.2, 0) is 20.8 Å². The minimum Gasteiger partial charge on any atom is -0.492 e. The fourth-order valence-corrected chi connectivity index (χ4v) is 3.84. The van der Waals surface area contributed by atoms with Crippen LogP contribution in [0.1, 0.15) is 24.8 Å². The van der Waals surface area contributed by atoms with Crippen LogP contribution in [0.25, 0.3) is 0 Å². The Kier molecular flexibility index (Phi) is 14.7. The second-order valence-corrected chi connectivity index (χ2v) is 8.25. The van der Waals surface area contributed by atoms with Gasteiger partial charge in [0, 0.05) is 71.8 Å². The topological polar surface area (TPSA) is 76.6 Å². The summed E-state index contributed by atoms with van der Waals surface area (Å²) in [5, 5.41) is 6.75. The number of ether oxygens (including phenoxy) is 4. The molecule has 188 valence electrons. The van der Waals surface area contributed by atoms with E-state index >= 15 is 0 Å². The predicted octanol–water partition coefficient (Wildman–Crippen LogP) is 2.51. The van der Waals surface area contributed by atoms with Gasteiger partial charge in [-0.15, -0.1) is 24.0 Å². The minimum atomic E-state index is 0. The number of hydrogen-bond acceptors (Lipinski definition) is 6. The molecule has 0 bridgehead atoms. The van der Waals surface area contributed by atoms with Gasteiger partial charge in [0.15, 0.2) is 5.96 Å². The molecular formula is C24H41IN4O4. The van der Waals surface area contributed by atoms with Crippen molar-refractivity contribution < 1.29 is 18.9 Å². The van der Waals surface area contributed by atoms with E-state index in [1.165, 1.54) is 0 Å². The van der Waals surface area contributed by atoms with Crippen molar-refractivity contribution in [2.45, 2.75) is 25.8 Å². The molecule has 3 rings (SSSR count). The van der Waals surface area contributed by atoms with Crippen LogP contribution in [0.15, 0.2) is 29.3 Å². The number of benzene rings is 1. The Bertz CT molecular complexity index is 668. The van der Waals surface area contributed by atoms with Crippen molar-refractivity contribution in [3.63, 3.8) is 0 Å². The van der Waals surface area contributed by atoms with Crippen molar-refractivity contribution in [2.24, 2.45) is 10.9 Å². The first-order valence-electron chi connectivity index (χ1n) is 12.0. The first-order valence-corrected chi connectivity index (χ1v) is 12.0. The van der Waals surface area contributed by atoms with Crippen molar-refractivity contribution in [3.05, 3.63) is 29.8 Å². The largest absolute Gasteiger partial charge is 0.492 e. The Morgan fingerprint density at radius 1 is 1.06 bits per heavy atom. The van der Waals surface area contributed by atoms with Crippen molar-refractivity contribution >= 4 is 29.9 Å². The summed E-state index contributed by atoms with van der Waals surface area (Å²) in [6.07, 6.45) is 3.19. The number of guanidine groups is 1. The van der Waals surface area contributed by atoms with Crippen LogP contribution in [0.2, 0.25) is 0 Å². The van der Waals surface area contributed by atoms with Gasteiger partial charge in [-0.1, -0.05) is 18.2 Å². The second-order valence-electron chi connectivity index (χ2n) is 8.25. The van der Waals surface area contributed by atoms with Crippen LogP contribution in [0.5, 0.6) is 5.75 Å². The summed E-state index contributed by atoms with van der Waals surface area (Å²) < 4.78 is 22.7. The number of morpholine rings is 1. The molecule has 2 saturated heterocycles. The lowest BCUT2D eigenvalue weighted by atomic mass is 10.0. The number of hydrogen-bond donors (Lipinski definition) is 2. The van der Waals surface area contributed by atoms with E-state index in [1.54, 1.807) is 7.05 Å². The van der Waals surface area contributed by atoms with Gasteiger partial charge in [-0.3, -0.25) is 9.89 Å². The molecule has 0 radical (unpaired) electrons. The highest BCUT2D eigenvalue weighted by molar-refractivity contribution is 14.0. The molecule has 0 aliphatic carbocycles. The lowest BCUT2D eigenvalue weighted by molar-refractivity contribution is 0.0203. The zero-order valence-electron chi connectivity index (χ0n) is 19.9.